The standard InChI is InChI=1S/C49H69N9O6S/c1-11-57-40-18-17-33-23-36(40)37(44(57)35-16-12-20-50-42(35)32(4)63-10)25-48(5,6)29-64-30-49(28-59)19-14-22-58(53-49)46(61)38(24-41-51-39(33)27-65-41)52-45(60)43(31(2)3)56(9)47(62)55(8)26-34-15-13-21-54(34)7/h12,16-18,20,23,27-28,31-32,34,38,43,53H,11,13-15,19,21-22,24-26,29-30H2,1-10H3,(H,52,60)/t32-,34+,38-,43-,49?/m0/s1. The molecule has 352 valence electrons. The van der Waals surface area contributed by atoms with E-state index < -0.39 is 34.9 Å². The number of aryl methyl sites for hydroxylation is 1. The molecular weight excluding hydrogens is 843 g/mol. The number of nitrogens with one attached hydrogen (secondary N) is 2. The van der Waals surface area contributed by atoms with Crippen molar-refractivity contribution >= 4 is 46.4 Å². The number of amides is 4. The van der Waals surface area contributed by atoms with Crippen molar-refractivity contribution in [3.8, 4) is 22.5 Å². The average molecular weight is 912 g/mol. The summed E-state index contributed by atoms with van der Waals surface area (Å²) in [4.78, 5) is 71.6. The molecule has 0 spiro atoms. The number of hydrogen-bond acceptors (Lipinski definition) is 11. The van der Waals surface area contributed by atoms with E-state index >= 15 is 0 Å². The molecule has 16 heteroatoms. The summed E-state index contributed by atoms with van der Waals surface area (Å²) in [5, 5.41) is 8.30. The highest BCUT2D eigenvalue weighted by Crippen LogP contribution is 2.42. The Bertz CT molecular complexity index is 2360. The zero-order chi connectivity index (χ0) is 46.8. The van der Waals surface area contributed by atoms with E-state index in [4.69, 9.17) is 19.4 Å². The Hall–Kier alpha value is -4.74. The van der Waals surface area contributed by atoms with Gasteiger partial charge in [0.25, 0.3) is 5.91 Å². The molecule has 15 nitrogen and oxygen atoms in total. The van der Waals surface area contributed by atoms with Crippen molar-refractivity contribution in [2.75, 3.05) is 61.1 Å². The maximum Gasteiger partial charge on any atom is 0.320 e. The van der Waals surface area contributed by atoms with Crippen LogP contribution in [0, 0.1) is 11.3 Å². The van der Waals surface area contributed by atoms with Crippen LogP contribution in [0.4, 0.5) is 4.79 Å². The number of thiazole rings is 1. The van der Waals surface area contributed by atoms with Crippen molar-refractivity contribution in [2.45, 2.75) is 116 Å². The zero-order valence-electron chi connectivity index (χ0n) is 40.0. The maximum atomic E-state index is 14.8. The molecule has 7 rings (SSSR count). The van der Waals surface area contributed by atoms with Crippen LogP contribution >= 0.6 is 11.3 Å². The number of ether oxygens (including phenoxy) is 2. The summed E-state index contributed by atoms with van der Waals surface area (Å²) in [6.07, 6.45) is 6.31. The average Bonchev–Trinajstić information content (AvgIpc) is 4.01. The third-order valence-electron chi connectivity index (χ3n) is 13.6. The van der Waals surface area contributed by atoms with E-state index in [1.807, 2.05) is 38.4 Å². The number of aromatic nitrogens is 3. The Balaban J connectivity index is 1.28. The summed E-state index contributed by atoms with van der Waals surface area (Å²) in [6.45, 7) is 15.3. The fourth-order valence-electron chi connectivity index (χ4n) is 10.1. The van der Waals surface area contributed by atoms with Gasteiger partial charge in [0.15, 0.2) is 0 Å². The summed E-state index contributed by atoms with van der Waals surface area (Å²) in [5.74, 6) is -1.09. The second-order valence-electron chi connectivity index (χ2n) is 19.6. The first kappa shape index (κ1) is 48.2. The van der Waals surface area contributed by atoms with Gasteiger partial charge in [0.05, 0.1) is 41.4 Å². The molecule has 1 aromatic carbocycles. The molecule has 2 fully saturated rings. The first-order valence-corrected chi connectivity index (χ1v) is 24.1. The number of methoxy groups -OCH3 is 1. The van der Waals surface area contributed by atoms with Gasteiger partial charge in [-0.1, -0.05) is 33.8 Å². The Morgan fingerprint density at radius 2 is 1.92 bits per heavy atom. The van der Waals surface area contributed by atoms with E-state index in [0.29, 0.717) is 44.0 Å². The normalized spacial score (nSPS) is 22.7. The highest BCUT2D eigenvalue weighted by molar-refractivity contribution is 7.10. The second kappa shape index (κ2) is 20.0. The smallest absolute Gasteiger partial charge is 0.320 e. The van der Waals surface area contributed by atoms with Crippen molar-refractivity contribution in [3.63, 3.8) is 0 Å². The molecule has 6 heterocycles. The Morgan fingerprint density at radius 3 is 2.62 bits per heavy atom. The van der Waals surface area contributed by atoms with E-state index in [9.17, 15) is 19.2 Å². The zero-order valence-corrected chi connectivity index (χ0v) is 40.8. The third kappa shape index (κ3) is 10.2. The third-order valence-corrected chi connectivity index (χ3v) is 14.5. The lowest BCUT2D eigenvalue weighted by atomic mass is 9.84. The molecule has 0 radical (unpaired) electrons. The number of hydrogen-bond donors (Lipinski definition) is 2. The Kier molecular flexibility index (Phi) is 14.8. The van der Waals surface area contributed by atoms with Crippen molar-refractivity contribution in [1.29, 1.82) is 0 Å². The second-order valence-corrected chi connectivity index (χ2v) is 20.5. The molecule has 2 saturated heterocycles. The number of aldehydes is 1. The summed E-state index contributed by atoms with van der Waals surface area (Å²) in [6, 6.07) is 8.64. The van der Waals surface area contributed by atoms with Crippen LogP contribution in [0.5, 0.6) is 0 Å². The molecule has 4 amide bonds. The van der Waals surface area contributed by atoms with Gasteiger partial charge < -0.3 is 38.9 Å². The highest BCUT2D eigenvalue weighted by atomic mass is 32.1. The molecule has 3 aromatic heterocycles. The molecular formula is C49H69N9O6S. The van der Waals surface area contributed by atoms with Crippen LogP contribution in [0.15, 0.2) is 41.9 Å². The van der Waals surface area contributed by atoms with Crippen LogP contribution in [0.2, 0.25) is 0 Å². The first-order chi connectivity index (χ1) is 31.0. The molecule has 3 aliphatic rings. The predicted molar refractivity (Wildman–Crippen MR) is 254 cm³/mol. The first-order valence-electron chi connectivity index (χ1n) is 23.2. The molecule has 65 heavy (non-hydrogen) atoms. The number of benzene rings is 1. The molecule has 4 aromatic rings. The number of urea groups is 1. The van der Waals surface area contributed by atoms with Crippen LogP contribution in [-0.2, 0) is 43.2 Å². The lowest BCUT2D eigenvalue weighted by Crippen LogP contribution is -2.66. The molecule has 5 atom stereocenters. The van der Waals surface area contributed by atoms with E-state index in [1.54, 1.807) is 26.1 Å². The summed E-state index contributed by atoms with van der Waals surface area (Å²) in [5.41, 5.74) is 8.59. The van der Waals surface area contributed by atoms with Gasteiger partial charge in [-0.15, -0.1) is 11.3 Å². The Labute approximate surface area is 388 Å². The van der Waals surface area contributed by atoms with Gasteiger partial charge in [-0.3, -0.25) is 19.6 Å². The molecule has 3 aliphatic heterocycles. The van der Waals surface area contributed by atoms with Crippen molar-refractivity contribution in [2.24, 2.45) is 11.3 Å². The van der Waals surface area contributed by atoms with Crippen LogP contribution < -0.4 is 10.7 Å². The van der Waals surface area contributed by atoms with Gasteiger partial charge in [-0.2, -0.15) is 0 Å². The van der Waals surface area contributed by atoms with Gasteiger partial charge >= 0.3 is 6.03 Å². The number of likely N-dealkylation sites (N-methyl/N-ethyl adjacent to an activating group) is 3. The number of carbonyl (C=O) groups excluding carboxylic acids is 4. The van der Waals surface area contributed by atoms with E-state index in [-0.39, 0.29) is 37.1 Å². The quantitative estimate of drug-likeness (QED) is 0.163. The van der Waals surface area contributed by atoms with Gasteiger partial charge in [0, 0.05) is 86.9 Å². The Morgan fingerprint density at radius 1 is 1.14 bits per heavy atom. The summed E-state index contributed by atoms with van der Waals surface area (Å²) >= 11 is 1.43. The molecule has 2 N–H and O–H groups in total. The number of likely N-dealkylation sites (tertiary alicyclic amines) is 1. The minimum Gasteiger partial charge on any atom is -0.378 e. The summed E-state index contributed by atoms with van der Waals surface area (Å²) in [7, 11) is 7.21. The molecule has 0 saturated carbocycles. The van der Waals surface area contributed by atoms with Gasteiger partial charge in [-0.25, -0.2) is 15.2 Å². The van der Waals surface area contributed by atoms with Crippen molar-refractivity contribution in [3.05, 3.63) is 58.2 Å². The highest BCUT2D eigenvalue weighted by Gasteiger charge is 2.42. The van der Waals surface area contributed by atoms with Crippen LogP contribution in [0.3, 0.4) is 0 Å². The number of hydrazine groups is 1. The predicted octanol–water partition coefficient (Wildman–Crippen LogP) is 6.35. The fraction of sp³-hybridized carbons (Fsp3) is 0.592. The van der Waals surface area contributed by atoms with Gasteiger partial charge in [0.2, 0.25) is 5.91 Å². The molecule has 0 aliphatic carbocycles. The summed E-state index contributed by atoms with van der Waals surface area (Å²) < 4.78 is 14.7. The number of carbonyl (C=O) groups is 4. The van der Waals surface area contributed by atoms with Crippen molar-refractivity contribution in [1.82, 2.24) is 45.0 Å². The number of pyridine rings is 1. The van der Waals surface area contributed by atoms with Crippen LogP contribution in [0.25, 0.3) is 33.4 Å². The van der Waals surface area contributed by atoms with Crippen LogP contribution in [-0.4, -0.2) is 143 Å². The lowest BCUT2D eigenvalue weighted by molar-refractivity contribution is -0.147. The number of fused-ring (bicyclic) bond motifs is 6. The molecule has 1 unspecified atom stereocenters. The van der Waals surface area contributed by atoms with Crippen LogP contribution in [0.1, 0.15) is 89.6 Å². The fourth-order valence-corrected chi connectivity index (χ4v) is 10.9. The minimum atomic E-state index is -1.16. The minimum absolute atomic E-state index is 0.0505. The number of nitrogens with zero attached hydrogens (tertiary/aromatic N) is 7. The van der Waals surface area contributed by atoms with E-state index in [0.717, 1.165) is 76.9 Å². The van der Waals surface area contributed by atoms with Gasteiger partial charge in [0.1, 0.15) is 23.9 Å². The van der Waals surface area contributed by atoms with Gasteiger partial charge in [-0.05, 0) is 101 Å². The topological polar surface area (TPSA) is 154 Å². The largest absolute Gasteiger partial charge is 0.378 e. The number of rotatable bonds is 11. The molecule has 6 bridgehead atoms. The lowest BCUT2D eigenvalue weighted by Gasteiger charge is -2.42. The van der Waals surface area contributed by atoms with Crippen molar-refractivity contribution < 1.29 is 28.7 Å². The van der Waals surface area contributed by atoms with E-state index in [1.165, 1.54) is 21.2 Å². The maximum absolute atomic E-state index is 14.8. The van der Waals surface area contributed by atoms with E-state index in [2.05, 4.69) is 72.3 Å². The SMILES string of the molecule is CCn1c(-c2cccnc2[C@H](C)OC)c2c3cc(ccc31)-c1csc(n1)C[C@H](NC(=O)[C@H](C(C)C)N(C)C(=O)N(C)C[C@H]1CCCN1C)C(=O)N1CCCC(C=O)(COCC(C)(C)C2)N1. The monoisotopic (exact) mass is 912 g/mol.